The van der Waals surface area contributed by atoms with Crippen LogP contribution in [0.15, 0.2) is 40.9 Å². The van der Waals surface area contributed by atoms with Crippen molar-refractivity contribution < 1.29 is 24.3 Å². The first-order valence-corrected chi connectivity index (χ1v) is 9.21. The molecule has 8 heteroatoms. The number of carbonyl (C=O) groups is 2. The number of phenols is 1. The number of nitrogens with zero attached hydrogens (tertiary/aromatic N) is 3. The van der Waals surface area contributed by atoms with Crippen molar-refractivity contribution in [2.45, 2.75) is 26.2 Å². The van der Waals surface area contributed by atoms with Crippen LogP contribution in [0.3, 0.4) is 0 Å². The van der Waals surface area contributed by atoms with Gasteiger partial charge in [-0.3, -0.25) is 9.59 Å². The first-order chi connectivity index (χ1) is 13.9. The Morgan fingerprint density at radius 3 is 2.69 bits per heavy atom. The maximum absolute atomic E-state index is 12.3. The summed E-state index contributed by atoms with van der Waals surface area (Å²) in [6.45, 7) is 2.32. The van der Waals surface area contributed by atoms with Crippen LogP contribution in [0.2, 0.25) is 0 Å². The number of hydrogen-bond donors (Lipinski definition) is 2. The summed E-state index contributed by atoms with van der Waals surface area (Å²) < 4.78 is 5.37. The van der Waals surface area contributed by atoms with E-state index in [1.807, 2.05) is 18.2 Å². The van der Waals surface area contributed by atoms with Gasteiger partial charge in [-0.05, 0) is 60.9 Å². The lowest BCUT2D eigenvalue weighted by atomic mass is 10.1. The predicted molar refractivity (Wildman–Crippen MR) is 104 cm³/mol. The van der Waals surface area contributed by atoms with E-state index in [1.54, 1.807) is 30.0 Å². The van der Waals surface area contributed by atoms with Gasteiger partial charge in [0.2, 0.25) is 11.7 Å². The molecular formula is C21H19N3O5. The van der Waals surface area contributed by atoms with Gasteiger partial charge >= 0.3 is 5.97 Å². The molecule has 0 spiro atoms. The number of benzene rings is 2. The van der Waals surface area contributed by atoms with Gasteiger partial charge in [0, 0.05) is 29.8 Å². The van der Waals surface area contributed by atoms with E-state index in [4.69, 9.17) is 9.63 Å². The van der Waals surface area contributed by atoms with Crippen molar-refractivity contribution in [2.24, 2.45) is 0 Å². The molecule has 0 saturated carbocycles. The average Bonchev–Trinajstić information content (AvgIpc) is 3.35. The van der Waals surface area contributed by atoms with Crippen LogP contribution >= 0.6 is 0 Å². The SMILES string of the molecule is Cc1cc(-c2nc(-c3ccc4c(c3)CCN4C(=O)CCC(=O)O)no2)ccc1O. The summed E-state index contributed by atoms with van der Waals surface area (Å²) in [7, 11) is 0. The van der Waals surface area contributed by atoms with E-state index < -0.39 is 5.97 Å². The fraction of sp³-hybridized carbons (Fsp3) is 0.238. The Bertz CT molecular complexity index is 1110. The first kappa shape index (κ1) is 18.7. The van der Waals surface area contributed by atoms with E-state index in [0.717, 1.165) is 22.4 Å². The minimum atomic E-state index is -0.982. The zero-order chi connectivity index (χ0) is 20.5. The van der Waals surface area contributed by atoms with Gasteiger partial charge in [0.25, 0.3) is 5.89 Å². The van der Waals surface area contributed by atoms with E-state index >= 15 is 0 Å². The fourth-order valence-corrected chi connectivity index (χ4v) is 3.40. The van der Waals surface area contributed by atoms with Gasteiger partial charge in [-0.1, -0.05) is 5.16 Å². The summed E-state index contributed by atoms with van der Waals surface area (Å²) in [5.74, 6) is -0.180. The Labute approximate surface area is 166 Å². The van der Waals surface area contributed by atoms with Gasteiger partial charge < -0.3 is 19.6 Å². The number of aryl methyl sites for hydroxylation is 1. The van der Waals surface area contributed by atoms with Crippen LogP contribution in [0.25, 0.3) is 22.8 Å². The number of anilines is 1. The molecule has 4 rings (SSSR count). The topological polar surface area (TPSA) is 117 Å². The monoisotopic (exact) mass is 393 g/mol. The lowest BCUT2D eigenvalue weighted by Crippen LogP contribution is -2.29. The molecule has 0 fully saturated rings. The molecule has 1 aliphatic rings. The second-order valence-electron chi connectivity index (χ2n) is 6.96. The maximum Gasteiger partial charge on any atom is 0.303 e. The van der Waals surface area contributed by atoms with Gasteiger partial charge in [0.1, 0.15) is 5.75 Å². The predicted octanol–water partition coefficient (Wildman–Crippen LogP) is 3.17. The van der Waals surface area contributed by atoms with Gasteiger partial charge in [0.05, 0.1) is 6.42 Å². The highest BCUT2D eigenvalue weighted by atomic mass is 16.5. The normalized spacial score (nSPS) is 12.8. The highest BCUT2D eigenvalue weighted by Gasteiger charge is 2.25. The summed E-state index contributed by atoms with van der Waals surface area (Å²) in [5, 5.41) is 22.5. The molecule has 0 bridgehead atoms. The standard InChI is InChI=1S/C21H19N3O5/c1-12-10-15(3-5-17(12)25)21-22-20(23-29-21)14-2-4-16-13(11-14)8-9-24(16)18(26)6-7-19(27)28/h2-5,10-11,25H,6-9H2,1H3,(H,27,28). The van der Waals surface area contributed by atoms with Crippen LogP contribution in [0, 0.1) is 6.92 Å². The molecule has 0 radical (unpaired) electrons. The zero-order valence-electron chi connectivity index (χ0n) is 15.8. The third kappa shape index (κ3) is 3.69. The molecule has 0 unspecified atom stereocenters. The quantitative estimate of drug-likeness (QED) is 0.684. The van der Waals surface area contributed by atoms with E-state index in [2.05, 4.69) is 10.1 Å². The summed E-state index contributed by atoms with van der Waals surface area (Å²) in [4.78, 5) is 29.1. The van der Waals surface area contributed by atoms with Crippen molar-refractivity contribution in [1.29, 1.82) is 0 Å². The molecule has 0 aliphatic carbocycles. The summed E-state index contributed by atoms with van der Waals surface area (Å²) in [6.07, 6.45) is 0.492. The molecule has 2 N–H and O–H groups in total. The highest BCUT2D eigenvalue weighted by molar-refractivity contribution is 5.97. The first-order valence-electron chi connectivity index (χ1n) is 9.21. The second kappa shape index (κ2) is 7.38. The number of fused-ring (bicyclic) bond motifs is 1. The molecule has 0 saturated heterocycles. The van der Waals surface area contributed by atoms with Crippen molar-refractivity contribution in [3.8, 4) is 28.6 Å². The van der Waals surface area contributed by atoms with Crippen molar-refractivity contribution in [3.63, 3.8) is 0 Å². The molecule has 8 nitrogen and oxygen atoms in total. The minimum absolute atomic E-state index is 0.0171. The van der Waals surface area contributed by atoms with Crippen LogP contribution in [0.5, 0.6) is 5.75 Å². The van der Waals surface area contributed by atoms with Crippen LogP contribution < -0.4 is 4.90 Å². The van der Waals surface area contributed by atoms with Crippen LogP contribution in [0.1, 0.15) is 24.0 Å². The zero-order valence-corrected chi connectivity index (χ0v) is 15.8. The molecule has 2 aromatic carbocycles. The fourth-order valence-electron chi connectivity index (χ4n) is 3.40. The molecule has 1 amide bonds. The Morgan fingerprint density at radius 1 is 1.14 bits per heavy atom. The lowest BCUT2D eigenvalue weighted by molar-refractivity contribution is -0.138. The second-order valence-corrected chi connectivity index (χ2v) is 6.96. The number of aromatic hydroxyl groups is 1. The molecular weight excluding hydrogens is 374 g/mol. The Hall–Kier alpha value is -3.68. The Balaban J connectivity index is 1.56. The van der Waals surface area contributed by atoms with Crippen LogP contribution in [-0.4, -0.2) is 38.8 Å². The van der Waals surface area contributed by atoms with E-state index in [-0.39, 0.29) is 24.5 Å². The van der Waals surface area contributed by atoms with Crippen LogP contribution in [0.4, 0.5) is 5.69 Å². The highest BCUT2D eigenvalue weighted by Crippen LogP contribution is 2.33. The van der Waals surface area contributed by atoms with Gasteiger partial charge in [-0.25, -0.2) is 0 Å². The molecule has 0 atom stereocenters. The van der Waals surface area contributed by atoms with Crippen molar-refractivity contribution in [2.75, 3.05) is 11.4 Å². The van der Waals surface area contributed by atoms with Crippen molar-refractivity contribution in [1.82, 2.24) is 10.1 Å². The molecule has 148 valence electrons. The van der Waals surface area contributed by atoms with E-state index in [0.29, 0.717) is 30.2 Å². The number of carbonyl (C=O) groups excluding carboxylic acids is 1. The molecule has 1 aromatic heterocycles. The maximum atomic E-state index is 12.3. The number of carboxylic acids is 1. The van der Waals surface area contributed by atoms with Crippen LogP contribution in [-0.2, 0) is 16.0 Å². The van der Waals surface area contributed by atoms with Crippen molar-refractivity contribution >= 4 is 17.6 Å². The van der Waals surface area contributed by atoms with Crippen molar-refractivity contribution in [3.05, 3.63) is 47.5 Å². The van der Waals surface area contributed by atoms with E-state index in [1.165, 1.54) is 0 Å². The smallest absolute Gasteiger partial charge is 0.303 e. The summed E-state index contributed by atoms with van der Waals surface area (Å²) in [6, 6.07) is 10.6. The molecule has 2 heterocycles. The largest absolute Gasteiger partial charge is 0.508 e. The number of aliphatic carboxylic acids is 1. The van der Waals surface area contributed by atoms with Gasteiger partial charge in [0.15, 0.2) is 0 Å². The third-order valence-electron chi connectivity index (χ3n) is 4.96. The summed E-state index contributed by atoms with van der Waals surface area (Å²) >= 11 is 0. The summed E-state index contributed by atoms with van der Waals surface area (Å²) in [5.41, 5.74) is 3.98. The number of rotatable bonds is 5. The number of aromatic nitrogens is 2. The third-order valence-corrected chi connectivity index (χ3v) is 4.96. The number of hydrogen-bond acceptors (Lipinski definition) is 6. The number of carboxylic acid groups (broad SMARTS) is 1. The molecule has 1 aliphatic heterocycles. The number of amides is 1. The Kier molecular flexibility index (Phi) is 4.75. The van der Waals surface area contributed by atoms with Gasteiger partial charge in [-0.2, -0.15) is 4.98 Å². The number of phenolic OH excluding ortho intramolecular Hbond substituents is 1. The average molecular weight is 393 g/mol. The van der Waals surface area contributed by atoms with Gasteiger partial charge in [-0.15, -0.1) is 0 Å². The lowest BCUT2D eigenvalue weighted by Gasteiger charge is -2.16. The molecule has 29 heavy (non-hydrogen) atoms. The Morgan fingerprint density at radius 2 is 1.93 bits per heavy atom. The van der Waals surface area contributed by atoms with E-state index in [9.17, 15) is 14.7 Å². The molecule has 3 aromatic rings. The minimum Gasteiger partial charge on any atom is -0.508 e.